The molecule has 1 aliphatic heterocycles. The van der Waals surface area contributed by atoms with Gasteiger partial charge >= 0.3 is 0 Å². The van der Waals surface area contributed by atoms with Crippen LogP contribution in [0.2, 0.25) is 0 Å². The van der Waals surface area contributed by atoms with Crippen molar-refractivity contribution in [3.8, 4) is 11.9 Å². The number of nitrogens with zero attached hydrogens (tertiary/aromatic N) is 6. The van der Waals surface area contributed by atoms with Crippen molar-refractivity contribution in [3.63, 3.8) is 0 Å². The summed E-state index contributed by atoms with van der Waals surface area (Å²) in [7, 11) is 1.79. The zero-order chi connectivity index (χ0) is 20.4. The van der Waals surface area contributed by atoms with Crippen LogP contribution in [-0.4, -0.2) is 26.2 Å². The van der Waals surface area contributed by atoms with Crippen LogP contribution in [-0.2, 0) is 5.75 Å². The molecule has 2 aromatic heterocycles. The number of hydrogen-bond donors (Lipinski definition) is 0. The lowest BCUT2D eigenvalue weighted by Crippen LogP contribution is -2.28. The fourth-order valence-electron chi connectivity index (χ4n) is 2.80. The minimum atomic E-state index is -0.237. The molecule has 0 N–H and O–H groups in total. The van der Waals surface area contributed by atoms with Crippen LogP contribution in [0.5, 0.6) is 0 Å². The Morgan fingerprint density at radius 1 is 1.28 bits per heavy atom. The van der Waals surface area contributed by atoms with Gasteiger partial charge in [0.25, 0.3) is 5.56 Å². The molecule has 0 aliphatic carbocycles. The molecule has 0 saturated carbocycles. The number of nitriles is 1. The third kappa shape index (κ3) is 3.90. The van der Waals surface area contributed by atoms with E-state index in [2.05, 4.69) is 21.3 Å². The van der Waals surface area contributed by atoms with Crippen LogP contribution in [0.15, 0.2) is 63.6 Å². The first kappa shape index (κ1) is 19.2. The van der Waals surface area contributed by atoms with E-state index < -0.39 is 0 Å². The second kappa shape index (κ2) is 8.11. The lowest BCUT2D eigenvalue weighted by Gasteiger charge is -2.23. The van der Waals surface area contributed by atoms with E-state index in [-0.39, 0.29) is 5.56 Å². The van der Waals surface area contributed by atoms with E-state index in [1.165, 1.54) is 28.2 Å². The maximum atomic E-state index is 13.0. The molecule has 0 spiro atoms. The van der Waals surface area contributed by atoms with Gasteiger partial charge in [0.05, 0.1) is 23.5 Å². The summed E-state index contributed by atoms with van der Waals surface area (Å²) in [5.74, 6) is 1.07. The highest BCUT2D eigenvalue weighted by atomic mass is 32.2. The molecule has 0 radical (unpaired) electrons. The average Bonchev–Trinajstić information content (AvgIpc) is 2.74. The molecule has 1 aromatic carbocycles. The second-order valence-electron chi connectivity index (χ2n) is 6.32. The Labute approximate surface area is 176 Å². The number of aromatic nitrogens is 3. The van der Waals surface area contributed by atoms with E-state index in [1.54, 1.807) is 36.6 Å². The van der Waals surface area contributed by atoms with Crippen molar-refractivity contribution >= 4 is 33.6 Å². The Bertz CT molecular complexity index is 1200. The number of pyridine rings is 1. The first-order valence-corrected chi connectivity index (χ1v) is 10.5. The largest absolute Gasteiger partial charge is 0.289 e. The first-order chi connectivity index (χ1) is 14.1. The molecule has 0 atom stereocenters. The van der Waals surface area contributed by atoms with Crippen molar-refractivity contribution in [2.45, 2.75) is 17.6 Å². The molecule has 0 bridgehead atoms. The summed E-state index contributed by atoms with van der Waals surface area (Å²) in [6.07, 6.45) is 3.25. The number of hydrogen-bond acceptors (Lipinski definition) is 8. The quantitative estimate of drug-likeness (QED) is 0.640. The fourth-order valence-corrected chi connectivity index (χ4v) is 4.97. The highest BCUT2D eigenvalue weighted by Crippen LogP contribution is 2.36. The minimum Gasteiger partial charge on any atom is -0.266 e. The predicted molar refractivity (Wildman–Crippen MR) is 117 cm³/mol. The van der Waals surface area contributed by atoms with Crippen molar-refractivity contribution < 1.29 is 0 Å². The summed E-state index contributed by atoms with van der Waals surface area (Å²) < 4.78 is 2.03. The van der Waals surface area contributed by atoms with Crippen LogP contribution in [0, 0.1) is 18.3 Å². The molecule has 29 heavy (non-hydrogen) atoms. The summed E-state index contributed by atoms with van der Waals surface area (Å²) in [5.41, 5.74) is 3.08. The van der Waals surface area contributed by atoms with E-state index in [4.69, 9.17) is 0 Å². The van der Waals surface area contributed by atoms with Gasteiger partial charge in [-0.2, -0.15) is 20.1 Å². The van der Waals surface area contributed by atoms with Crippen LogP contribution >= 0.6 is 23.5 Å². The predicted octanol–water partition coefficient (Wildman–Crippen LogP) is 3.55. The van der Waals surface area contributed by atoms with Crippen molar-refractivity contribution in [2.75, 3.05) is 12.1 Å². The van der Waals surface area contributed by atoms with Crippen molar-refractivity contribution in [2.24, 2.45) is 5.10 Å². The first-order valence-electron chi connectivity index (χ1n) is 8.73. The smallest absolute Gasteiger partial charge is 0.266 e. The van der Waals surface area contributed by atoms with Crippen LogP contribution < -0.4 is 10.6 Å². The fraction of sp³-hybridized carbons (Fsp3) is 0.150. The van der Waals surface area contributed by atoms with Crippen molar-refractivity contribution in [3.05, 3.63) is 75.8 Å². The van der Waals surface area contributed by atoms with Crippen molar-refractivity contribution in [1.82, 2.24) is 14.8 Å². The molecule has 3 heterocycles. The van der Waals surface area contributed by atoms with Crippen LogP contribution in [0.25, 0.3) is 5.82 Å². The normalized spacial score (nSPS) is 12.9. The number of anilines is 1. The van der Waals surface area contributed by atoms with E-state index in [1.807, 2.05) is 31.2 Å². The van der Waals surface area contributed by atoms with Crippen LogP contribution in [0.4, 0.5) is 5.69 Å². The number of fused-ring (bicyclic) bond motifs is 1. The molecule has 0 amide bonds. The molecule has 1 aliphatic rings. The summed E-state index contributed by atoms with van der Waals surface area (Å²) in [6, 6.07) is 13.4. The SMILES string of the molecule is Cc1ccc(CSC2=NN(C)c3cnn(-c4ccccn4)c(=O)c3S2)c(C#N)c1. The zero-order valence-corrected chi connectivity index (χ0v) is 17.4. The minimum absolute atomic E-state index is 0.237. The highest BCUT2D eigenvalue weighted by molar-refractivity contribution is 8.38. The molecule has 3 aromatic rings. The lowest BCUT2D eigenvalue weighted by atomic mass is 10.1. The highest BCUT2D eigenvalue weighted by Gasteiger charge is 2.24. The van der Waals surface area contributed by atoms with E-state index in [9.17, 15) is 10.1 Å². The van der Waals surface area contributed by atoms with Gasteiger partial charge in [0.1, 0.15) is 4.90 Å². The molecule has 0 unspecified atom stereocenters. The van der Waals surface area contributed by atoms with Crippen LogP contribution in [0.1, 0.15) is 16.7 Å². The molecular formula is C20H16N6OS2. The Hall–Kier alpha value is -3.09. The molecule has 144 valence electrons. The Morgan fingerprint density at radius 2 is 2.14 bits per heavy atom. The maximum absolute atomic E-state index is 13.0. The van der Waals surface area contributed by atoms with Gasteiger partial charge in [-0.05, 0) is 36.2 Å². The van der Waals surface area contributed by atoms with E-state index in [0.29, 0.717) is 27.7 Å². The number of benzene rings is 1. The Morgan fingerprint density at radius 3 is 2.90 bits per heavy atom. The zero-order valence-electron chi connectivity index (χ0n) is 15.7. The summed E-state index contributed by atoms with van der Waals surface area (Å²) in [4.78, 5) is 17.8. The topological polar surface area (TPSA) is 87.2 Å². The second-order valence-corrected chi connectivity index (χ2v) is 8.54. The van der Waals surface area contributed by atoms with Crippen LogP contribution in [0.3, 0.4) is 0 Å². The summed E-state index contributed by atoms with van der Waals surface area (Å²) >= 11 is 2.82. The van der Waals surface area contributed by atoms with Gasteiger partial charge in [-0.1, -0.05) is 41.7 Å². The van der Waals surface area contributed by atoms with E-state index >= 15 is 0 Å². The molecule has 9 heteroatoms. The van der Waals surface area contributed by atoms with Gasteiger partial charge < -0.3 is 0 Å². The maximum Gasteiger partial charge on any atom is 0.289 e. The third-order valence-electron chi connectivity index (χ3n) is 4.29. The molecule has 4 rings (SSSR count). The third-order valence-corrected chi connectivity index (χ3v) is 6.52. The van der Waals surface area contributed by atoms with E-state index in [0.717, 1.165) is 15.5 Å². The number of aryl methyl sites for hydroxylation is 1. The molecule has 7 nitrogen and oxygen atoms in total. The molecular weight excluding hydrogens is 404 g/mol. The molecule has 0 saturated heterocycles. The summed E-state index contributed by atoms with van der Waals surface area (Å²) in [5, 5.41) is 19.8. The van der Waals surface area contributed by atoms with Crippen molar-refractivity contribution in [1.29, 1.82) is 5.26 Å². The monoisotopic (exact) mass is 420 g/mol. The van der Waals surface area contributed by atoms with Gasteiger partial charge in [0.15, 0.2) is 10.2 Å². The standard InChI is InChI=1S/C20H16N6OS2/c1-13-6-7-14(15(9-13)10-21)12-28-20-24-25(2)16-11-23-26(19(27)18(16)29-20)17-5-3-4-8-22-17/h3-9,11H,12H2,1-2H3. The van der Waals surface area contributed by atoms with Gasteiger partial charge in [0.2, 0.25) is 0 Å². The van der Waals surface area contributed by atoms with Gasteiger partial charge in [-0.3, -0.25) is 9.80 Å². The summed E-state index contributed by atoms with van der Waals surface area (Å²) in [6.45, 7) is 1.96. The Balaban J connectivity index is 1.60. The average molecular weight is 421 g/mol. The van der Waals surface area contributed by atoms with Gasteiger partial charge in [0, 0.05) is 19.0 Å². The number of thioether (sulfide) groups is 2. The van der Waals surface area contributed by atoms with Gasteiger partial charge in [-0.25, -0.2) is 4.98 Å². The number of rotatable bonds is 3. The van der Waals surface area contributed by atoms with Gasteiger partial charge in [-0.15, -0.1) is 0 Å². The lowest BCUT2D eigenvalue weighted by molar-refractivity contribution is 0.751. The number of hydrazone groups is 1. The molecule has 0 fully saturated rings. The Kier molecular flexibility index (Phi) is 5.38.